The van der Waals surface area contributed by atoms with Crippen LogP contribution in [0.25, 0.3) is 0 Å². The normalized spacial score (nSPS) is 22.1. The molecular weight excluding hydrogens is 334 g/mol. The van der Waals surface area contributed by atoms with Crippen molar-refractivity contribution in [2.24, 2.45) is 10.9 Å². The summed E-state index contributed by atoms with van der Waals surface area (Å²) in [5.41, 5.74) is 2.71. The van der Waals surface area contributed by atoms with Gasteiger partial charge in [0.15, 0.2) is 5.96 Å². The summed E-state index contributed by atoms with van der Waals surface area (Å²) in [5, 5.41) is 6.89. The minimum Gasteiger partial charge on any atom is -0.355 e. The van der Waals surface area contributed by atoms with Gasteiger partial charge in [-0.05, 0) is 62.4 Å². The van der Waals surface area contributed by atoms with Crippen molar-refractivity contribution in [3.63, 3.8) is 0 Å². The van der Waals surface area contributed by atoms with E-state index in [4.69, 9.17) is 0 Å². The second kappa shape index (κ2) is 10.7. The maximum Gasteiger partial charge on any atom is 0.191 e. The first-order valence-electron chi connectivity index (χ1n) is 10.7. The van der Waals surface area contributed by atoms with E-state index in [1.54, 1.807) is 0 Å². The minimum atomic E-state index is 0.810. The van der Waals surface area contributed by atoms with Crippen LogP contribution in [0, 0.1) is 5.92 Å². The molecule has 0 aliphatic carbocycles. The molecule has 2 heterocycles. The fourth-order valence-corrected chi connectivity index (χ4v) is 4.19. The van der Waals surface area contributed by atoms with Gasteiger partial charge >= 0.3 is 0 Å². The van der Waals surface area contributed by atoms with E-state index < -0.39 is 0 Å². The van der Waals surface area contributed by atoms with Crippen molar-refractivity contribution in [2.75, 3.05) is 46.3 Å². The van der Waals surface area contributed by atoms with E-state index in [-0.39, 0.29) is 0 Å². The van der Waals surface area contributed by atoms with Crippen LogP contribution in [0.2, 0.25) is 0 Å². The van der Waals surface area contributed by atoms with Crippen molar-refractivity contribution in [3.8, 4) is 0 Å². The lowest BCUT2D eigenvalue weighted by Gasteiger charge is -2.30. The zero-order valence-electron chi connectivity index (χ0n) is 17.2. The third-order valence-electron chi connectivity index (χ3n) is 5.77. The van der Waals surface area contributed by atoms with Crippen molar-refractivity contribution in [2.45, 2.75) is 45.7 Å². The van der Waals surface area contributed by atoms with Gasteiger partial charge in [-0.25, -0.2) is 0 Å². The molecule has 1 aromatic carbocycles. The number of nitrogens with zero attached hydrogens (tertiary/aromatic N) is 3. The molecule has 1 unspecified atom stereocenters. The lowest BCUT2D eigenvalue weighted by atomic mass is 10.0. The van der Waals surface area contributed by atoms with E-state index >= 15 is 0 Å². The quantitative estimate of drug-likeness (QED) is 0.571. The van der Waals surface area contributed by atoms with Gasteiger partial charge in [-0.3, -0.25) is 9.89 Å². The van der Waals surface area contributed by atoms with Crippen molar-refractivity contribution >= 4 is 5.96 Å². The highest BCUT2D eigenvalue weighted by Crippen LogP contribution is 2.15. The molecule has 5 heteroatoms. The van der Waals surface area contributed by atoms with Gasteiger partial charge in [0.2, 0.25) is 0 Å². The van der Waals surface area contributed by atoms with Crippen LogP contribution in [-0.2, 0) is 13.1 Å². The van der Waals surface area contributed by atoms with Gasteiger partial charge in [0.1, 0.15) is 0 Å². The number of aliphatic imine (C=N–C) groups is 1. The number of benzene rings is 1. The molecule has 2 N–H and O–H groups in total. The van der Waals surface area contributed by atoms with Gasteiger partial charge in [-0.2, -0.15) is 0 Å². The van der Waals surface area contributed by atoms with E-state index in [1.165, 1.54) is 63.0 Å². The number of rotatable bonds is 7. The average molecular weight is 372 g/mol. The van der Waals surface area contributed by atoms with E-state index in [2.05, 4.69) is 56.6 Å². The molecule has 1 aromatic rings. The maximum atomic E-state index is 4.36. The fourth-order valence-electron chi connectivity index (χ4n) is 4.19. The van der Waals surface area contributed by atoms with Crippen LogP contribution in [0.1, 0.15) is 43.7 Å². The molecule has 2 saturated heterocycles. The summed E-state index contributed by atoms with van der Waals surface area (Å²) < 4.78 is 0. The standard InChI is InChI=1S/C22H37N5/c1-19-6-5-14-27(17-19)15-11-24-22(23-2)25-16-20-7-9-21(10-8-20)18-26-12-3-4-13-26/h7-10,19H,3-6,11-18H2,1-2H3,(H2,23,24,25). The Morgan fingerprint density at radius 3 is 2.41 bits per heavy atom. The summed E-state index contributed by atoms with van der Waals surface area (Å²) in [5.74, 6) is 1.73. The van der Waals surface area contributed by atoms with Gasteiger partial charge < -0.3 is 15.5 Å². The molecular formula is C22H37N5. The fraction of sp³-hybridized carbons (Fsp3) is 0.682. The minimum absolute atomic E-state index is 0.810. The Morgan fingerprint density at radius 2 is 1.70 bits per heavy atom. The Hall–Kier alpha value is -1.59. The summed E-state index contributed by atoms with van der Waals surface area (Å²) in [6, 6.07) is 9.01. The molecule has 1 atom stereocenters. The van der Waals surface area contributed by atoms with Crippen LogP contribution < -0.4 is 10.6 Å². The Labute approximate surface area is 165 Å². The van der Waals surface area contributed by atoms with Crippen LogP contribution in [0.15, 0.2) is 29.3 Å². The summed E-state index contributed by atoms with van der Waals surface area (Å²) in [4.78, 5) is 9.46. The molecule has 0 bridgehead atoms. The molecule has 150 valence electrons. The highest BCUT2D eigenvalue weighted by molar-refractivity contribution is 5.79. The summed E-state index contributed by atoms with van der Waals surface area (Å²) >= 11 is 0. The first-order valence-corrected chi connectivity index (χ1v) is 10.7. The Kier molecular flexibility index (Phi) is 7.96. The molecule has 0 aromatic heterocycles. The number of likely N-dealkylation sites (tertiary alicyclic amines) is 2. The van der Waals surface area contributed by atoms with Gasteiger partial charge in [0, 0.05) is 39.8 Å². The molecule has 5 nitrogen and oxygen atoms in total. The zero-order valence-corrected chi connectivity index (χ0v) is 17.2. The lowest BCUT2D eigenvalue weighted by molar-refractivity contribution is 0.187. The van der Waals surface area contributed by atoms with Gasteiger partial charge in [0.05, 0.1) is 0 Å². The zero-order chi connectivity index (χ0) is 18.9. The first-order chi connectivity index (χ1) is 13.2. The molecule has 0 spiro atoms. The van der Waals surface area contributed by atoms with Crippen molar-refractivity contribution in [1.29, 1.82) is 0 Å². The number of hydrogen-bond acceptors (Lipinski definition) is 3. The van der Waals surface area contributed by atoms with Gasteiger partial charge in [-0.1, -0.05) is 31.2 Å². The SMILES string of the molecule is CN=C(NCCN1CCCC(C)C1)NCc1ccc(CN2CCCC2)cc1. The van der Waals surface area contributed by atoms with Crippen LogP contribution in [0.5, 0.6) is 0 Å². The van der Waals surface area contributed by atoms with Crippen molar-refractivity contribution in [3.05, 3.63) is 35.4 Å². The van der Waals surface area contributed by atoms with Gasteiger partial charge in [-0.15, -0.1) is 0 Å². The van der Waals surface area contributed by atoms with E-state index in [0.29, 0.717) is 0 Å². The molecule has 2 fully saturated rings. The van der Waals surface area contributed by atoms with Crippen LogP contribution in [-0.4, -0.2) is 62.1 Å². The highest BCUT2D eigenvalue weighted by atomic mass is 15.2. The maximum absolute atomic E-state index is 4.36. The molecule has 0 saturated carbocycles. The number of piperidine rings is 1. The second-order valence-corrected chi connectivity index (χ2v) is 8.20. The Balaban J connectivity index is 1.36. The molecule has 27 heavy (non-hydrogen) atoms. The van der Waals surface area contributed by atoms with Crippen molar-refractivity contribution in [1.82, 2.24) is 20.4 Å². The van der Waals surface area contributed by atoms with E-state index in [0.717, 1.165) is 38.1 Å². The topological polar surface area (TPSA) is 42.9 Å². The Morgan fingerprint density at radius 1 is 1.00 bits per heavy atom. The highest BCUT2D eigenvalue weighted by Gasteiger charge is 2.15. The third kappa shape index (κ3) is 6.82. The molecule has 0 radical (unpaired) electrons. The summed E-state index contributed by atoms with van der Waals surface area (Å²) in [6.45, 7) is 11.3. The average Bonchev–Trinajstić information content (AvgIpc) is 3.19. The van der Waals surface area contributed by atoms with Crippen LogP contribution in [0.4, 0.5) is 0 Å². The smallest absolute Gasteiger partial charge is 0.191 e. The molecule has 3 rings (SSSR count). The predicted octanol–water partition coefficient (Wildman–Crippen LogP) is 2.68. The monoisotopic (exact) mass is 371 g/mol. The Bertz CT molecular complexity index is 577. The van der Waals surface area contributed by atoms with E-state index in [1.807, 2.05) is 7.05 Å². The van der Waals surface area contributed by atoms with E-state index in [9.17, 15) is 0 Å². The molecule has 2 aliphatic rings. The molecule has 0 amide bonds. The van der Waals surface area contributed by atoms with Crippen LogP contribution in [0.3, 0.4) is 0 Å². The predicted molar refractivity (Wildman–Crippen MR) is 114 cm³/mol. The van der Waals surface area contributed by atoms with Gasteiger partial charge in [0.25, 0.3) is 0 Å². The summed E-state index contributed by atoms with van der Waals surface area (Å²) in [7, 11) is 1.84. The lowest BCUT2D eigenvalue weighted by Crippen LogP contribution is -2.43. The second-order valence-electron chi connectivity index (χ2n) is 8.20. The number of guanidine groups is 1. The van der Waals surface area contributed by atoms with Crippen LogP contribution >= 0.6 is 0 Å². The first kappa shape index (κ1) is 20.2. The number of nitrogens with one attached hydrogen (secondary N) is 2. The third-order valence-corrected chi connectivity index (χ3v) is 5.77. The largest absolute Gasteiger partial charge is 0.355 e. The number of hydrogen-bond donors (Lipinski definition) is 2. The summed E-state index contributed by atoms with van der Waals surface area (Å²) in [6.07, 6.45) is 5.42. The van der Waals surface area contributed by atoms with Crippen molar-refractivity contribution < 1.29 is 0 Å². The molecule has 2 aliphatic heterocycles.